The Bertz CT molecular complexity index is 721. The van der Waals surface area contributed by atoms with Gasteiger partial charge in [-0.25, -0.2) is 8.42 Å². The molecule has 6 nitrogen and oxygen atoms in total. The zero-order valence-corrected chi connectivity index (χ0v) is 14.5. The number of carboxylic acid groups (broad SMARTS) is 1. The summed E-state index contributed by atoms with van der Waals surface area (Å²) >= 11 is 0. The predicted octanol–water partition coefficient (Wildman–Crippen LogP) is 2.16. The highest BCUT2D eigenvalue weighted by molar-refractivity contribution is 7.92. The molecule has 1 saturated carbocycles. The Hall–Kier alpha value is -1.76. The summed E-state index contributed by atoms with van der Waals surface area (Å²) in [6, 6.07) is 5.19. The summed E-state index contributed by atoms with van der Waals surface area (Å²) in [5.74, 6) is 0.122. The fourth-order valence-electron chi connectivity index (χ4n) is 3.61. The lowest BCUT2D eigenvalue weighted by Crippen LogP contribution is -2.45. The van der Waals surface area contributed by atoms with Crippen molar-refractivity contribution in [2.24, 2.45) is 0 Å². The lowest BCUT2D eigenvalue weighted by molar-refractivity contribution is -0.145. The van der Waals surface area contributed by atoms with Gasteiger partial charge in [-0.05, 0) is 30.5 Å². The van der Waals surface area contributed by atoms with E-state index >= 15 is 0 Å². The summed E-state index contributed by atoms with van der Waals surface area (Å²) in [5, 5.41) is 9.79. The van der Waals surface area contributed by atoms with Gasteiger partial charge in [-0.15, -0.1) is 0 Å². The molecule has 24 heavy (non-hydrogen) atoms. The Labute approximate surface area is 141 Å². The largest absolute Gasteiger partial charge is 0.493 e. The average Bonchev–Trinajstić information content (AvgIpc) is 2.54. The number of methoxy groups -OCH3 is 1. The minimum Gasteiger partial charge on any atom is -0.493 e. The van der Waals surface area contributed by atoms with Crippen molar-refractivity contribution in [1.29, 1.82) is 0 Å². The van der Waals surface area contributed by atoms with E-state index in [1.54, 1.807) is 18.2 Å². The molecule has 0 atom stereocenters. The molecule has 2 aliphatic rings. The summed E-state index contributed by atoms with van der Waals surface area (Å²) in [5.41, 5.74) is -0.149. The van der Waals surface area contributed by atoms with Crippen LogP contribution in [0, 0.1) is 0 Å². The van der Waals surface area contributed by atoms with Crippen LogP contribution in [0.2, 0.25) is 0 Å². The van der Waals surface area contributed by atoms with Crippen LogP contribution in [0.3, 0.4) is 0 Å². The van der Waals surface area contributed by atoms with E-state index in [1.807, 2.05) is 0 Å². The van der Waals surface area contributed by atoms with Gasteiger partial charge in [0.15, 0.2) is 21.3 Å². The van der Waals surface area contributed by atoms with Gasteiger partial charge < -0.3 is 14.6 Å². The number of ether oxygens (including phenoxy) is 2. The maximum atomic E-state index is 11.9. The highest BCUT2D eigenvalue weighted by Gasteiger charge is 2.42. The third-order valence-electron chi connectivity index (χ3n) is 5.01. The van der Waals surface area contributed by atoms with Crippen LogP contribution < -0.4 is 9.47 Å². The van der Waals surface area contributed by atoms with E-state index in [0.717, 1.165) is 24.8 Å². The molecule has 1 aliphatic carbocycles. The normalized spacial score (nSPS) is 22.4. The number of carbonyl (C=O) groups is 1. The lowest BCUT2D eigenvalue weighted by Gasteiger charge is -2.34. The SMILES string of the molecule is COc1cc(C2(C(=O)O)CCCCC2)ccc1OC1CS(=O)(=O)C1. The summed E-state index contributed by atoms with van der Waals surface area (Å²) in [6.07, 6.45) is 3.72. The number of aliphatic carboxylic acids is 1. The van der Waals surface area contributed by atoms with E-state index < -0.39 is 21.2 Å². The van der Waals surface area contributed by atoms with E-state index in [0.29, 0.717) is 24.3 Å². The van der Waals surface area contributed by atoms with Crippen molar-refractivity contribution < 1.29 is 27.8 Å². The first-order valence-corrected chi connectivity index (χ1v) is 9.97. The van der Waals surface area contributed by atoms with Gasteiger partial charge in [-0.1, -0.05) is 25.3 Å². The number of hydrogen-bond donors (Lipinski definition) is 1. The monoisotopic (exact) mass is 354 g/mol. The van der Waals surface area contributed by atoms with Gasteiger partial charge in [-0.2, -0.15) is 0 Å². The molecule has 2 fully saturated rings. The number of sulfone groups is 1. The highest BCUT2D eigenvalue weighted by atomic mass is 32.2. The van der Waals surface area contributed by atoms with E-state index in [-0.39, 0.29) is 17.6 Å². The van der Waals surface area contributed by atoms with E-state index in [9.17, 15) is 18.3 Å². The van der Waals surface area contributed by atoms with Crippen molar-refractivity contribution in [2.75, 3.05) is 18.6 Å². The number of benzene rings is 1. The van der Waals surface area contributed by atoms with Crippen LogP contribution in [0.25, 0.3) is 0 Å². The molecule has 1 aromatic rings. The van der Waals surface area contributed by atoms with Crippen molar-refractivity contribution in [3.05, 3.63) is 23.8 Å². The van der Waals surface area contributed by atoms with Gasteiger partial charge in [0.2, 0.25) is 0 Å². The van der Waals surface area contributed by atoms with Crippen LogP contribution in [0.5, 0.6) is 11.5 Å². The second-order valence-corrected chi connectivity index (χ2v) is 8.78. The molecule has 0 aromatic heterocycles. The summed E-state index contributed by atoms with van der Waals surface area (Å²) in [7, 11) is -1.46. The lowest BCUT2D eigenvalue weighted by atomic mass is 9.69. The fourth-order valence-corrected chi connectivity index (χ4v) is 4.78. The van der Waals surface area contributed by atoms with Gasteiger partial charge in [0.25, 0.3) is 0 Å². The van der Waals surface area contributed by atoms with Crippen molar-refractivity contribution in [1.82, 2.24) is 0 Å². The molecular formula is C17H22O6S. The van der Waals surface area contributed by atoms with Crippen LogP contribution in [0.4, 0.5) is 0 Å². The topological polar surface area (TPSA) is 89.9 Å². The minimum atomic E-state index is -2.96. The number of hydrogen-bond acceptors (Lipinski definition) is 5. The van der Waals surface area contributed by atoms with Crippen LogP contribution in [0.1, 0.15) is 37.7 Å². The zero-order chi connectivity index (χ0) is 17.4. The quantitative estimate of drug-likeness (QED) is 0.871. The van der Waals surface area contributed by atoms with E-state index in [2.05, 4.69) is 0 Å². The van der Waals surface area contributed by atoms with Crippen LogP contribution in [0.15, 0.2) is 18.2 Å². The molecule has 1 aliphatic heterocycles. The predicted molar refractivity (Wildman–Crippen MR) is 88.5 cm³/mol. The molecular weight excluding hydrogens is 332 g/mol. The van der Waals surface area contributed by atoms with Crippen LogP contribution in [-0.4, -0.2) is 44.2 Å². The highest BCUT2D eigenvalue weighted by Crippen LogP contribution is 2.43. The first-order valence-electron chi connectivity index (χ1n) is 8.15. The number of carboxylic acids is 1. The smallest absolute Gasteiger partial charge is 0.314 e. The Morgan fingerprint density at radius 2 is 1.83 bits per heavy atom. The molecule has 132 valence electrons. The maximum absolute atomic E-state index is 11.9. The molecule has 7 heteroatoms. The zero-order valence-electron chi connectivity index (χ0n) is 13.7. The number of rotatable bonds is 5. The van der Waals surface area contributed by atoms with Crippen LogP contribution >= 0.6 is 0 Å². The molecule has 0 bridgehead atoms. The molecule has 0 spiro atoms. The average molecular weight is 354 g/mol. The Kier molecular flexibility index (Phi) is 4.46. The van der Waals surface area contributed by atoms with Gasteiger partial charge in [0, 0.05) is 0 Å². The van der Waals surface area contributed by atoms with Crippen LogP contribution in [-0.2, 0) is 20.0 Å². The standard InChI is InChI=1S/C17H22O6S/c1-22-15-9-12(17(16(18)19)7-3-2-4-8-17)5-6-14(15)23-13-10-24(20,21)11-13/h5-6,9,13H,2-4,7-8,10-11H2,1H3,(H,18,19). The fraction of sp³-hybridized carbons (Fsp3) is 0.588. The van der Waals surface area contributed by atoms with E-state index in [1.165, 1.54) is 7.11 Å². The second kappa shape index (κ2) is 6.27. The summed E-state index contributed by atoms with van der Waals surface area (Å²) < 4.78 is 33.5. The van der Waals surface area contributed by atoms with Crippen molar-refractivity contribution in [2.45, 2.75) is 43.6 Å². The third-order valence-corrected chi connectivity index (χ3v) is 6.77. The Morgan fingerprint density at radius 3 is 2.38 bits per heavy atom. The molecule has 1 N–H and O–H groups in total. The third kappa shape index (κ3) is 3.09. The molecule has 1 saturated heterocycles. The first-order chi connectivity index (χ1) is 11.4. The van der Waals surface area contributed by atoms with Gasteiger partial charge >= 0.3 is 5.97 Å². The summed E-state index contributed by atoms with van der Waals surface area (Å²) in [6.45, 7) is 0. The Balaban J connectivity index is 1.86. The molecule has 0 amide bonds. The second-order valence-electron chi connectivity index (χ2n) is 6.63. The minimum absolute atomic E-state index is 0.0109. The van der Waals surface area contributed by atoms with E-state index in [4.69, 9.17) is 9.47 Å². The van der Waals surface area contributed by atoms with Gasteiger partial charge in [-0.3, -0.25) is 4.79 Å². The molecule has 0 unspecified atom stereocenters. The maximum Gasteiger partial charge on any atom is 0.314 e. The molecule has 1 aromatic carbocycles. The summed E-state index contributed by atoms with van der Waals surface area (Å²) in [4.78, 5) is 11.9. The first kappa shape index (κ1) is 17.1. The molecule has 1 heterocycles. The van der Waals surface area contributed by atoms with Crippen molar-refractivity contribution >= 4 is 15.8 Å². The molecule has 0 radical (unpaired) electrons. The van der Waals surface area contributed by atoms with Crippen molar-refractivity contribution in [3.63, 3.8) is 0 Å². The van der Waals surface area contributed by atoms with Crippen molar-refractivity contribution in [3.8, 4) is 11.5 Å². The molecule has 3 rings (SSSR count). The van der Waals surface area contributed by atoms with Gasteiger partial charge in [0.05, 0.1) is 24.0 Å². The van der Waals surface area contributed by atoms with Gasteiger partial charge in [0.1, 0.15) is 6.10 Å². The Morgan fingerprint density at radius 1 is 1.17 bits per heavy atom.